The predicted octanol–water partition coefficient (Wildman–Crippen LogP) is 9.26. The average Bonchev–Trinajstić information content (AvgIpc) is 3.07. The lowest BCUT2D eigenvalue weighted by Gasteiger charge is -2.26. The first-order chi connectivity index (χ1) is 22.6. The molecule has 0 aliphatic carbocycles. The summed E-state index contributed by atoms with van der Waals surface area (Å²) in [6.07, 6.45) is 1.31. The number of esters is 1. The summed E-state index contributed by atoms with van der Waals surface area (Å²) in [4.78, 5) is 13.9. The van der Waals surface area contributed by atoms with Crippen molar-refractivity contribution < 1.29 is 23.7 Å². The maximum Gasteiger partial charge on any atom is 0.333 e. The molecule has 0 aliphatic rings. The number of nitrogens with zero attached hydrogens (tertiary/aromatic N) is 1. The van der Waals surface area contributed by atoms with Crippen LogP contribution in [0.4, 0.5) is 17.1 Å². The fraction of sp³-hybridized carbons (Fsp3) is 0.341. The van der Waals surface area contributed by atoms with E-state index in [0.717, 1.165) is 35.7 Å². The summed E-state index contributed by atoms with van der Waals surface area (Å²) >= 11 is 0. The molecule has 248 valence electrons. The third-order valence-corrected chi connectivity index (χ3v) is 7.78. The normalized spacial score (nSPS) is 13.0. The van der Waals surface area contributed by atoms with Crippen molar-refractivity contribution in [3.05, 3.63) is 131 Å². The van der Waals surface area contributed by atoms with E-state index in [1.807, 2.05) is 26.0 Å². The molecular formula is C41H49NO5. The molecule has 4 aromatic rings. The molecule has 0 saturated carbocycles. The van der Waals surface area contributed by atoms with E-state index in [-0.39, 0.29) is 18.3 Å². The van der Waals surface area contributed by atoms with Gasteiger partial charge in [-0.2, -0.15) is 0 Å². The van der Waals surface area contributed by atoms with Gasteiger partial charge in [0.05, 0.1) is 25.4 Å². The molecule has 4 aromatic carbocycles. The van der Waals surface area contributed by atoms with Crippen LogP contribution in [0.2, 0.25) is 0 Å². The number of carbonyl (C=O) groups is 1. The van der Waals surface area contributed by atoms with Gasteiger partial charge in [-0.3, -0.25) is 0 Å². The van der Waals surface area contributed by atoms with Gasteiger partial charge in [0.1, 0.15) is 18.5 Å². The van der Waals surface area contributed by atoms with Crippen LogP contribution in [0, 0.1) is 13.8 Å². The van der Waals surface area contributed by atoms with Crippen molar-refractivity contribution in [2.45, 2.75) is 72.7 Å². The van der Waals surface area contributed by atoms with Gasteiger partial charge in [-0.1, -0.05) is 66.2 Å². The summed E-state index contributed by atoms with van der Waals surface area (Å²) < 4.78 is 22.9. The monoisotopic (exact) mass is 635 g/mol. The molecule has 0 heterocycles. The molecule has 0 fully saturated rings. The minimum atomic E-state index is -0.408. The largest absolute Gasteiger partial charge is 0.491 e. The molecule has 47 heavy (non-hydrogen) atoms. The van der Waals surface area contributed by atoms with Gasteiger partial charge in [0.2, 0.25) is 0 Å². The zero-order valence-electron chi connectivity index (χ0n) is 28.7. The summed E-state index contributed by atoms with van der Waals surface area (Å²) in [6, 6.07) is 34.5. The molecule has 0 aliphatic heterocycles. The first-order valence-electron chi connectivity index (χ1n) is 16.4. The quantitative estimate of drug-likeness (QED) is 0.0852. The summed E-state index contributed by atoms with van der Waals surface area (Å²) in [5, 5.41) is 0. The highest BCUT2D eigenvalue weighted by Gasteiger charge is 2.14. The number of benzene rings is 4. The lowest BCUT2D eigenvalue weighted by atomic mass is 10.0. The van der Waals surface area contributed by atoms with Crippen LogP contribution in [0.25, 0.3) is 0 Å². The van der Waals surface area contributed by atoms with Gasteiger partial charge in [-0.25, -0.2) is 4.79 Å². The number of hydrogen-bond acceptors (Lipinski definition) is 6. The Balaban J connectivity index is 1.22. The number of ether oxygens (including phenoxy) is 4. The van der Waals surface area contributed by atoms with E-state index in [0.29, 0.717) is 25.4 Å². The van der Waals surface area contributed by atoms with E-state index in [1.165, 1.54) is 22.3 Å². The molecule has 0 aromatic heterocycles. The zero-order chi connectivity index (χ0) is 33.8. The van der Waals surface area contributed by atoms with E-state index in [4.69, 9.17) is 18.9 Å². The first kappa shape index (κ1) is 35.5. The Kier molecular flexibility index (Phi) is 13.2. The van der Waals surface area contributed by atoms with Crippen LogP contribution in [0.5, 0.6) is 5.75 Å². The summed E-state index contributed by atoms with van der Waals surface area (Å²) in [7, 11) is 0. The van der Waals surface area contributed by atoms with Gasteiger partial charge in [0.15, 0.2) is 0 Å². The standard InChI is InChI=1S/C41H49NO5/c1-29(2)41(43)47-34(7)28-45-32(5)26-44-33(6)27-46-40-24-16-36(17-25-40)13-12-35-14-22-39(23-15-35)42(37-18-8-30(3)9-19-37)38-20-10-31(4)11-21-38/h8-11,14-25,32-34H,1,12-13,26-28H2,2-7H3. The zero-order valence-corrected chi connectivity index (χ0v) is 28.7. The molecule has 0 amide bonds. The highest BCUT2D eigenvalue weighted by molar-refractivity contribution is 5.87. The van der Waals surface area contributed by atoms with Crippen molar-refractivity contribution >= 4 is 23.0 Å². The SMILES string of the molecule is C=C(C)C(=O)OC(C)COC(C)COC(C)COc1ccc(CCc2ccc(N(c3ccc(C)cc3)c3ccc(C)cc3)cc2)cc1. The van der Waals surface area contributed by atoms with Gasteiger partial charge >= 0.3 is 5.97 Å². The smallest absolute Gasteiger partial charge is 0.333 e. The molecule has 3 unspecified atom stereocenters. The van der Waals surface area contributed by atoms with Crippen LogP contribution in [0.15, 0.2) is 109 Å². The Morgan fingerprint density at radius 2 is 1.02 bits per heavy atom. The molecule has 4 rings (SSSR count). The summed E-state index contributed by atoms with van der Waals surface area (Å²) in [6.45, 7) is 16.3. The second kappa shape index (κ2) is 17.5. The summed E-state index contributed by atoms with van der Waals surface area (Å²) in [5.41, 5.74) is 8.86. The van der Waals surface area contributed by atoms with E-state index < -0.39 is 5.97 Å². The molecule has 0 radical (unpaired) electrons. The first-order valence-corrected chi connectivity index (χ1v) is 16.4. The second-order valence-electron chi connectivity index (χ2n) is 12.4. The highest BCUT2D eigenvalue weighted by atomic mass is 16.6. The molecule has 0 bridgehead atoms. The van der Waals surface area contributed by atoms with Gasteiger partial charge in [0, 0.05) is 22.6 Å². The Morgan fingerprint density at radius 1 is 0.617 bits per heavy atom. The molecule has 0 spiro atoms. The summed E-state index contributed by atoms with van der Waals surface area (Å²) in [5.74, 6) is 0.410. The lowest BCUT2D eigenvalue weighted by molar-refractivity contribution is -0.148. The Bertz CT molecular complexity index is 1500. The van der Waals surface area contributed by atoms with Gasteiger partial charge < -0.3 is 23.8 Å². The predicted molar refractivity (Wildman–Crippen MR) is 191 cm³/mol. The van der Waals surface area contributed by atoms with E-state index in [1.54, 1.807) is 13.8 Å². The van der Waals surface area contributed by atoms with Crippen LogP contribution >= 0.6 is 0 Å². The Hall–Kier alpha value is -4.39. The maximum absolute atomic E-state index is 11.6. The van der Waals surface area contributed by atoms with E-state index in [9.17, 15) is 4.79 Å². The number of aryl methyl sites for hydroxylation is 4. The van der Waals surface area contributed by atoms with Crippen molar-refractivity contribution in [3.8, 4) is 5.75 Å². The van der Waals surface area contributed by atoms with Crippen molar-refractivity contribution in [2.75, 3.05) is 24.7 Å². The molecule has 0 N–H and O–H groups in total. The Morgan fingerprint density at radius 3 is 1.49 bits per heavy atom. The minimum Gasteiger partial charge on any atom is -0.491 e. The molecule has 3 atom stereocenters. The van der Waals surface area contributed by atoms with Crippen molar-refractivity contribution in [1.29, 1.82) is 0 Å². The van der Waals surface area contributed by atoms with Crippen molar-refractivity contribution in [2.24, 2.45) is 0 Å². The fourth-order valence-electron chi connectivity index (χ4n) is 4.91. The minimum absolute atomic E-state index is 0.102. The molecular weight excluding hydrogens is 586 g/mol. The number of rotatable bonds is 17. The van der Waals surface area contributed by atoms with Crippen LogP contribution in [-0.2, 0) is 31.8 Å². The topological polar surface area (TPSA) is 57.2 Å². The van der Waals surface area contributed by atoms with E-state index >= 15 is 0 Å². The van der Waals surface area contributed by atoms with Crippen molar-refractivity contribution in [3.63, 3.8) is 0 Å². The van der Waals surface area contributed by atoms with Crippen LogP contribution in [0.3, 0.4) is 0 Å². The number of anilines is 3. The highest BCUT2D eigenvalue weighted by Crippen LogP contribution is 2.35. The number of carbonyl (C=O) groups excluding carboxylic acids is 1. The number of hydrogen-bond donors (Lipinski definition) is 0. The van der Waals surface area contributed by atoms with Gasteiger partial charge in [-0.05, 0) is 114 Å². The maximum atomic E-state index is 11.6. The van der Waals surface area contributed by atoms with Gasteiger partial charge in [-0.15, -0.1) is 0 Å². The lowest BCUT2D eigenvalue weighted by Crippen LogP contribution is -2.28. The average molecular weight is 636 g/mol. The molecule has 6 heteroatoms. The third-order valence-electron chi connectivity index (χ3n) is 7.78. The van der Waals surface area contributed by atoms with E-state index in [2.05, 4.69) is 110 Å². The molecule has 6 nitrogen and oxygen atoms in total. The third kappa shape index (κ3) is 11.4. The van der Waals surface area contributed by atoms with Crippen LogP contribution < -0.4 is 9.64 Å². The van der Waals surface area contributed by atoms with Crippen molar-refractivity contribution in [1.82, 2.24) is 0 Å². The second-order valence-corrected chi connectivity index (χ2v) is 12.4. The molecule has 0 saturated heterocycles. The van der Waals surface area contributed by atoms with Crippen LogP contribution in [0.1, 0.15) is 49.9 Å². The Labute approximate surface area is 280 Å². The van der Waals surface area contributed by atoms with Crippen LogP contribution in [-0.4, -0.2) is 44.1 Å². The fourth-order valence-corrected chi connectivity index (χ4v) is 4.91. The van der Waals surface area contributed by atoms with Gasteiger partial charge in [0.25, 0.3) is 0 Å².